The van der Waals surface area contributed by atoms with Crippen molar-refractivity contribution in [3.05, 3.63) is 45.7 Å². The molecule has 20 heavy (non-hydrogen) atoms. The van der Waals surface area contributed by atoms with Gasteiger partial charge in [-0.1, -0.05) is 0 Å². The van der Waals surface area contributed by atoms with Crippen molar-refractivity contribution in [1.82, 2.24) is 4.98 Å². The first-order valence-corrected chi connectivity index (χ1v) is 7.99. The predicted molar refractivity (Wildman–Crippen MR) is 71.1 cm³/mol. The summed E-state index contributed by atoms with van der Waals surface area (Å²) in [6.45, 7) is 1.30. The zero-order valence-electron chi connectivity index (χ0n) is 10.3. The summed E-state index contributed by atoms with van der Waals surface area (Å²) in [5.74, 6) is -2.62. The highest BCUT2D eigenvalue weighted by Crippen LogP contribution is 2.24. The number of rotatable bonds is 4. The lowest BCUT2D eigenvalue weighted by atomic mass is 10.1. The van der Waals surface area contributed by atoms with Crippen LogP contribution in [0.3, 0.4) is 0 Å². The Labute approximate surface area is 118 Å². The van der Waals surface area contributed by atoms with Gasteiger partial charge < -0.3 is 5.11 Å². The number of benzene rings is 1. The van der Waals surface area contributed by atoms with Gasteiger partial charge in [-0.3, -0.25) is 0 Å². The van der Waals surface area contributed by atoms with Gasteiger partial charge in [-0.25, -0.2) is 22.6 Å². The minimum Gasteiger partial charge on any atom is -0.478 e. The number of carboxylic acids is 1. The molecule has 8 heteroatoms. The topological polar surface area (TPSA) is 84.3 Å². The number of hydrogen-bond acceptors (Lipinski definition) is 5. The standard InChI is InChI=1S/C12H10FNO4S2/c1-7-9(13)4-8(12(15)16)5-10(7)20(17,18)6-11-14-2-3-19-11/h2-5H,6H2,1H3,(H,15,16). The van der Waals surface area contributed by atoms with Crippen LogP contribution in [-0.4, -0.2) is 24.5 Å². The summed E-state index contributed by atoms with van der Waals surface area (Å²) in [6.07, 6.45) is 1.47. The Bertz CT molecular complexity index is 754. The van der Waals surface area contributed by atoms with Crippen LogP contribution in [0.5, 0.6) is 0 Å². The molecule has 0 aliphatic rings. The van der Waals surface area contributed by atoms with Gasteiger partial charge in [0.25, 0.3) is 0 Å². The molecule has 106 valence electrons. The summed E-state index contributed by atoms with van der Waals surface area (Å²) < 4.78 is 38.2. The van der Waals surface area contributed by atoms with Gasteiger partial charge >= 0.3 is 5.97 Å². The van der Waals surface area contributed by atoms with Crippen LogP contribution in [-0.2, 0) is 15.6 Å². The molecule has 0 amide bonds. The van der Waals surface area contributed by atoms with Crippen molar-refractivity contribution in [2.24, 2.45) is 0 Å². The molecule has 2 aromatic rings. The lowest BCUT2D eigenvalue weighted by Crippen LogP contribution is -2.10. The molecule has 0 fully saturated rings. The molecular formula is C12H10FNO4S2. The fourth-order valence-electron chi connectivity index (χ4n) is 1.66. The first-order valence-electron chi connectivity index (χ1n) is 5.46. The molecule has 0 unspecified atom stereocenters. The van der Waals surface area contributed by atoms with Gasteiger partial charge in [0.05, 0.1) is 10.5 Å². The second-order valence-electron chi connectivity index (χ2n) is 4.07. The van der Waals surface area contributed by atoms with E-state index in [1.54, 1.807) is 5.38 Å². The second-order valence-corrected chi connectivity index (χ2v) is 7.01. The van der Waals surface area contributed by atoms with Gasteiger partial charge in [0.2, 0.25) is 0 Å². The van der Waals surface area contributed by atoms with E-state index in [0.29, 0.717) is 5.01 Å². The van der Waals surface area contributed by atoms with Crippen LogP contribution in [0.2, 0.25) is 0 Å². The number of sulfone groups is 1. The van der Waals surface area contributed by atoms with Crippen LogP contribution < -0.4 is 0 Å². The number of halogens is 1. The maximum atomic E-state index is 13.7. The number of nitrogens with zero attached hydrogens (tertiary/aromatic N) is 1. The second kappa shape index (κ2) is 5.29. The van der Waals surface area contributed by atoms with Gasteiger partial charge in [0.15, 0.2) is 9.84 Å². The third-order valence-corrected chi connectivity index (χ3v) is 5.39. The summed E-state index contributed by atoms with van der Waals surface area (Å²) in [5, 5.41) is 10.9. The van der Waals surface area contributed by atoms with E-state index >= 15 is 0 Å². The van der Waals surface area contributed by atoms with Crippen molar-refractivity contribution in [2.45, 2.75) is 17.6 Å². The smallest absolute Gasteiger partial charge is 0.335 e. The molecule has 0 bridgehead atoms. The zero-order chi connectivity index (χ0) is 14.9. The number of aromatic carboxylic acids is 1. The van der Waals surface area contributed by atoms with E-state index in [9.17, 15) is 17.6 Å². The van der Waals surface area contributed by atoms with Gasteiger partial charge in [-0.2, -0.15) is 0 Å². The lowest BCUT2D eigenvalue weighted by Gasteiger charge is -2.09. The van der Waals surface area contributed by atoms with Crippen LogP contribution in [0, 0.1) is 12.7 Å². The van der Waals surface area contributed by atoms with Crippen LogP contribution in [0.4, 0.5) is 4.39 Å². The van der Waals surface area contributed by atoms with E-state index in [0.717, 1.165) is 23.5 Å². The molecule has 0 radical (unpaired) electrons. The Morgan fingerprint density at radius 3 is 2.70 bits per heavy atom. The molecule has 0 saturated heterocycles. The third-order valence-electron chi connectivity index (χ3n) is 2.68. The number of carboxylic acid groups (broad SMARTS) is 1. The number of carbonyl (C=O) groups is 1. The van der Waals surface area contributed by atoms with Crippen molar-refractivity contribution in [2.75, 3.05) is 0 Å². The SMILES string of the molecule is Cc1c(F)cc(C(=O)O)cc1S(=O)(=O)Cc1nccs1. The predicted octanol–water partition coefficient (Wildman–Crippen LogP) is 2.26. The lowest BCUT2D eigenvalue weighted by molar-refractivity contribution is 0.0696. The van der Waals surface area contributed by atoms with E-state index in [-0.39, 0.29) is 16.2 Å². The summed E-state index contributed by atoms with van der Waals surface area (Å²) in [4.78, 5) is 14.4. The molecule has 1 N–H and O–H groups in total. The van der Waals surface area contributed by atoms with E-state index < -0.39 is 27.2 Å². The summed E-state index contributed by atoms with van der Waals surface area (Å²) in [7, 11) is -3.85. The Hall–Kier alpha value is -1.80. The quantitative estimate of drug-likeness (QED) is 0.935. The molecule has 1 heterocycles. The van der Waals surface area contributed by atoms with Crippen molar-refractivity contribution in [3.8, 4) is 0 Å². The molecule has 0 aliphatic heterocycles. The maximum absolute atomic E-state index is 13.7. The van der Waals surface area contributed by atoms with Gasteiger partial charge in [0, 0.05) is 17.1 Å². The molecule has 0 spiro atoms. The summed E-state index contributed by atoms with van der Waals surface area (Å²) in [5.41, 5.74) is -0.489. The Morgan fingerprint density at radius 1 is 1.45 bits per heavy atom. The van der Waals surface area contributed by atoms with Crippen molar-refractivity contribution >= 4 is 27.1 Å². The number of hydrogen-bond donors (Lipinski definition) is 1. The minimum absolute atomic E-state index is 0.0912. The molecule has 0 aliphatic carbocycles. The Kier molecular flexibility index (Phi) is 3.87. The van der Waals surface area contributed by atoms with E-state index in [4.69, 9.17) is 5.11 Å². The average Bonchev–Trinajstić information content (AvgIpc) is 2.83. The van der Waals surface area contributed by atoms with Crippen LogP contribution in [0.1, 0.15) is 20.9 Å². The van der Waals surface area contributed by atoms with E-state index in [1.165, 1.54) is 13.1 Å². The molecule has 0 atom stereocenters. The minimum atomic E-state index is -3.85. The molecule has 1 aromatic carbocycles. The van der Waals surface area contributed by atoms with Crippen LogP contribution in [0.15, 0.2) is 28.6 Å². The average molecular weight is 315 g/mol. The van der Waals surface area contributed by atoms with Gasteiger partial charge in [0.1, 0.15) is 16.6 Å². The summed E-state index contributed by atoms with van der Waals surface area (Å²) in [6, 6.07) is 1.78. The van der Waals surface area contributed by atoms with Crippen molar-refractivity contribution < 1.29 is 22.7 Å². The van der Waals surface area contributed by atoms with Crippen LogP contribution in [0.25, 0.3) is 0 Å². The fourth-order valence-corrected chi connectivity index (χ4v) is 4.23. The molecule has 1 aromatic heterocycles. The van der Waals surface area contributed by atoms with Crippen molar-refractivity contribution in [3.63, 3.8) is 0 Å². The number of aromatic nitrogens is 1. The highest BCUT2D eigenvalue weighted by molar-refractivity contribution is 7.90. The van der Waals surface area contributed by atoms with Crippen LogP contribution >= 0.6 is 11.3 Å². The van der Waals surface area contributed by atoms with E-state index in [1.807, 2.05) is 0 Å². The molecule has 0 saturated carbocycles. The first-order chi connectivity index (χ1) is 9.31. The first kappa shape index (κ1) is 14.6. The Balaban J connectivity index is 2.53. The molecule has 5 nitrogen and oxygen atoms in total. The largest absolute Gasteiger partial charge is 0.478 e. The summed E-state index contributed by atoms with van der Waals surface area (Å²) >= 11 is 1.16. The zero-order valence-corrected chi connectivity index (χ0v) is 12.0. The highest BCUT2D eigenvalue weighted by atomic mass is 32.2. The maximum Gasteiger partial charge on any atom is 0.335 e. The molecular weight excluding hydrogens is 305 g/mol. The molecule has 2 rings (SSSR count). The fraction of sp³-hybridized carbons (Fsp3) is 0.167. The normalized spacial score (nSPS) is 11.5. The third kappa shape index (κ3) is 2.86. The Morgan fingerprint density at radius 2 is 2.15 bits per heavy atom. The highest BCUT2D eigenvalue weighted by Gasteiger charge is 2.23. The monoisotopic (exact) mass is 315 g/mol. The van der Waals surface area contributed by atoms with Crippen molar-refractivity contribution in [1.29, 1.82) is 0 Å². The number of thiazole rings is 1. The van der Waals surface area contributed by atoms with Gasteiger partial charge in [-0.05, 0) is 19.1 Å². The van der Waals surface area contributed by atoms with E-state index in [2.05, 4.69) is 4.98 Å². The van der Waals surface area contributed by atoms with Gasteiger partial charge in [-0.15, -0.1) is 11.3 Å².